The number of sulfonamides is 1. The van der Waals surface area contributed by atoms with Gasteiger partial charge < -0.3 is 14.5 Å². The number of rotatable bonds is 6. The molecule has 0 unspecified atom stereocenters. The molecule has 0 aliphatic carbocycles. The summed E-state index contributed by atoms with van der Waals surface area (Å²) in [7, 11) is -2.40. The van der Waals surface area contributed by atoms with Crippen molar-refractivity contribution in [2.24, 2.45) is 0 Å². The van der Waals surface area contributed by atoms with E-state index in [1.54, 1.807) is 0 Å². The van der Waals surface area contributed by atoms with Crippen LogP contribution in [-0.2, 0) is 14.8 Å². The van der Waals surface area contributed by atoms with Gasteiger partial charge in [0.1, 0.15) is 0 Å². The van der Waals surface area contributed by atoms with E-state index in [9.17, 15) is 13.2 Å². The Hall–Kier alpha value is -1.42. The van der Waals surface area contributed by atoms with Crippen LogP contribution in [0.5, 0.6) is 0 Å². The quantitative estimate of drug-likeness (QED) is 0.738. The molecule has 1 saturated heterocycles. The lowest BCUT2D eigenvalue weighted by molar-refractivity contribution is 0.0341. The molecule has 22 heavy (non-hydrogen) atoms. The lowest BCUT2D eigenvalue weighted by Crippen LogP contribution is -2.45. The Morgan fingerprint density at radius 2 is 2.05 bits per heavy atom. The number of carbonyl (C=O) groups is 1. The summed E-state index contributed by atoms with van der Waals surface area (Å²) in [6, 6.07) is 2.52. The van der Waals surface area contributed by atoms with Crippen molar-refractivity contribution >= 4 is 15.9 Å². The predicted octanol–water partition coefficient (Wildman–Crippen LogP) is -0.362. The van der Waals surface area contributed by atoms with Crippen LogP contribution in [-0.4, -0.2) is 65.2 Å². The topological polar surface area (TPSA) is 101 Å². The molecule has 0 spiro atoms. The van der Waals surface area contributed by atoms with Crippen molar-refractivity contribution in [1.29, 1.82) is 0 Å². The molecule has 2 rings (SSSR count). The molecule has 0 aromatic carbocycles. The van der Waals surface area contributed by atoms with Gasteiger partial charge in [-0.1, -0.05) is 0 Å². The zero-order valence-electron chi connectivity index (χ0n) is 12.7. The van der Waals surface area contributed by atoms with E-state index in [0.29, 0.717) is 19.8 Å². The zero-order valence-corrected chi connectivity index (χ0v) is 13.5. The third-order valence-corrected chi connectivity index (χ3v) is 4.64. The van der Waals surface area contributed by atoms with Gasteiger partial charge in [-0.05, 0) is 26.1 Å². The second-order valence-electron chi connectivity index (χ2n) is 5.11. The number of hydrogen-bond donors (Lipinski definition) is 2. The van der Waals surface area contributed by atoms with Gasteiger partial charge in [-0.25, -0.2) is 13.1 Å². The number of furan rings is 1. The average Bonchev–Trinajstić information content (AvgIpc) is 2.99. The van der Waals surface area contributed by atoms with Gasteiger partial charge in [0.25, 0.3) is 15.9 Å². The summed E-state index contributed by atoms with van der Waals surface area (Å²) in [5.41, 5.74) is 0. The van der Waals surface area contributed by atoms with E-state index in [1.807, 2.05) is 6.92 Å². The van der Waals surface area contributed by atoms with E-state index < -0.39 is 15.9 Å². The fraction of sp³-hybridized carbons (Fsp3) is 0.615. The van der Waals surface area contributed by atoms with Crippen molar-refractivity contribution in [3.05, 3.63) is 17.9 Å². The Kier molecular flexibility index (Phi) is 5.57. The van der Waals surface area contributed by atoms with Crippen LogP contribution in [0, 0.1) is 0 Å². The Morgan fingerprint density at radius 3 is 2.68 bits per heavy atom. The second kappa shape index (κ2) is 7.23. The lowest BCUT2D eigenvalue weighted by atomic mass is 10.2. The third-order valence-electron chi connectivity index (χ3n) is 3.35. The zero-order chi connectivity index (χ0) is 16.2. The summed E-state index contributed by atoms with van der Waals surface area (Å²) in [6.07, 6.45) is 0. The third kappa shape index (κ3) is 4.29. The SMILES string of the molecule is CNS(=O)(=O)c1ccc(C(=O)N[C@@H](C)CN2CCOCC2)o1. The maximum absolute atomic E-state index is 12.1. The molecule has 0 saturated carbocycles. The molecule has 1 fully saturated rings. The normalized spacial score (nSPS) is 18.1. The molecule has 1 aromatic heterocycles. The van der Waals surface area contributed by atoms with Crippen molar-refractivity contribution < 1.29 is 22.4 Å². The highest BCUT2D eigenvalue weighted by molar-refractivity contribution is 7.89. The fourth-order valence-electron chi connectivity index (χ4n) is 2.20. The average molecular weight is 331 g/mol. The minimum absolute atomic E-state index is 0.0253. The number of amides is 1. The molecule has 8 nitrogen and oxygen atoms in total. The molecule has 2 heterocycles. The summed E-state index contributed by atoms with van der Waals surface area (Å²) < 4.78 is 35.6. The molecule has 9 heteroatoms. The van der Waals surface area contributed by atoms with E-state index in [4.69, 9.17) is 9.15 Å². The summed E-state index contributed by atoms with van der Waals surface area (Å²) in [5, 5.41) is 2.52. The van der Waals surface area contributed by atoms with Crippen LogP contribution in [0.25, 0.3) is 0 Å². The minimum Gasteiger partial charge on any atom is -0.438 e. The molecule has 1 amide bonds. The van der Waals surface area contributed by atoms with Gasteiger partial charge in [0.15, 0.2) is 5.76 Å². The van der Waals surface area contributed by atoms with Crippen molar-refractivity contribution in [3.63, 3.8) is 0 Å². The summed E-state index contributed by atoms with van der Waals surface area (Å²) in [4.78, 5) is 14.3. The molecule has 124 valence electrons. The van der Waals surface area contributed by atoms with E-state index >= 15 is 0 Å². The van der Waals surface area contributed by atoms with Crippen molar-refractivity contribution in [3.8, 4) is 0 Å². The van der Waals surface area contributed by atoms with E-state index in [2.05, 4.69) is 14.9 Å². The summed E-state index contributed by atoms with van der Waals surface area (Å²) in [5.74, 6) is -0.457. The number of ether oxygens (including phenoxy) is 1. The predicted molar refractivity (Wildman–Crippen MR) is 79.1 cm³/mol. The van der Waals surface area contributed by atoms with Gasteiger partial charge >= 0.3 is 0 Å². The first kappa shape index (κ1) is 16.9. The minimum atomic E-state index is -3.68. The smallest absolute Gasteiger partial charge is 0.287 e. The van der Waals surface area contributed by atoms with Crippen LogP contribution in [0.1, 0.15) is 17.5 Å². The molecule has 1 aliphatic heterocycles. The number of hydrogen-bond acceptors (Lipinski definition) is 6. The fourth-order valence-corrected chi connectivity index (χ4v) is 2.85. The Labute approximate surface area is 129 Å². The monoisotopic (exact) mass is 331 g/mol. The number of carbonyl (C=O) groups excluding carboxylic acids is 1. The van der Waals surface area contributed by atoms with E-state index in [1.165, 1.54) is 19.2 Å². The first-order valence-electron chi connectivity index (χ1n) is 7.06. The van der Waals surface area contributed by atoms with Crippen LogP contribution in [0.2, 0.25) is 0 Å². The Morgan fingerprint density at radius 1 is 1.36 bits per heavy atom. The van der Waals surface area contributed by atoms with Gasteiger partial charge in [-0.2, -0.15) is 0 Å². The van der Waals surface area contributed by atoms with Gasteiger partial charge in [0.2, 0.25) is 5.09 Å². The van der Waals surface area contributed by atoms with E-state index in [-0.39, 0.29) is 16.9 Å². The maximum atomic E-state index is 12.1. The summed E-state index contributed by atoms with van der Waals surface area (Å²) >= 11 is 0. The van der Waals surface area contributed by atoms with Crippen molar-refractivity contribution in [2.75, 3.05) is 39.9 Å². The molecular weight excluding hydrogens is 310 g/mol. The molecule has 2 N–H and O–H groups in total. The maximum Gasteiger partial charge on any atom is 0.287 e. The highest BCUT2D eigenvalue weighted by Crippen LogP contribution is 2.13. The van der Waals surface area contributed by atoms with Crippen LogP contribution in [0.15, 0.2) is 21.6 Å². The molecule has 0 bridgehead atoms. The number of morpholine rings is 1. The highest BCUT2D eigenvalue weighted by Gasteiger charge is 2.21. The number of nitrogens with zero attached hydrogens (tertiary/aromatic N) is 1. The first-order chi connectivity index (χ1) is 10.4. The van der Waals surface area contributed by atoms with Crippen LogP contribution in [0.4, 0.5) is 0 Å². The van der Waals surface area contributed by atoms with Crippen molar-refractivity contribution in [2.45, 2.75) is 18.1 Å². The molecule has 1 atom stereocenters. The molecule has 0 radical (unpaired) electrons. The van der Waals surface area contributed by atoms with Gasteiger partial charge in [0.05, 0.1) is 13.2 Å². The van der Waals surface area contributed by atoms with Gasteiger partial charge in [-0.15, -0.1) is 0 Å². The van der Waals surface area contributed by atoms with Crippen LogP contribution in [0.3, 0.4) is 0 Å². The van der Waals surface area contributed by atoms with Crippen LogP contribution >= 0.6 is 0 Å². The largest absolute Gasteiger partial charge is 0.438 e. The second-order valence-corrected chi connectivity index (χ2v) is 6.93. The van der Waals surface area contributed by atoms with Crippen LogP contribution < -0.4 is 10.0 Å². The molecule has 1 aromatic rings. The first-order valence-corrected chi connectivity index (χ1v) is 8.55. The number of nitrogens with one attached hydrogen (secondary N) is 2. The Balaban J connectivity index is 1.91. The summed E-state index contributed by atoms with van der Waals surface area (Å²) in [6.45, 7) is 5.67. The lowest BCUT2D eigenvalue weighted by Gasteiger charge is -2.29. The molecule has 1 aliphatic rings. The van der Waals surface area contributed by atoms with E-state index in [0.717, 1.165) is 13.1 Å². The Bertz CT molecular complexity index is 607. The molecular formula is C13H21N3O5S. The van der Waals surface area contributed by atoms with Crippen molar-refractivity contribution in [1.82, 2.24) is 14.9 Å². The van der Waals surface area contributed by atoms with Gasteiger partial charge in [0, 0.05) is 25.7 Å². The standard InChI is InChI=1S/C13H21N3O5S/c1-10(9-16-5-7-20-8-6-16)15-13(17)11-3-4-12(21-11)22(18,19)14-2/h3-4,10,14H,5-9H2,1-2H3,(H,15,17)/t10-/m0/s1. The highest BCUT2D eigenvalue weighted by atomic mass is 32.2. The van der Waals surface area contributed by atoms with Gasteiger partial charge in [-0.3, -0.25) is 9.69 Å².